The van der Waals surface area contributed by atoms with Crippen molar-refractivity contribution < 1.29 is 9.53 Å². The van der Waals surface area contributed by atoms with E-state index in [2.05, 4.69) is 17.6 Å². The number of para-hydroxylation sites is 1. The maximum absolute atomic E-state index is 11.6. The van der Waals surface area contributed by atoms with Gasteiger partial charge in [0.15, 0.2) is 6.10 Å². The number of benzene rings is 1. The van der Waals surface area contributed by atoms with Crippen LogP contribution in [0.25, 0.3) is 0 Å². The average molecular weight is 250 g/mol. The molecule has 0 aliphatic heterocycles. The monoisotopic (exact) mass is 250 g/mol. The molecule has 1 aromatic rings. The SMILES string of the molecule is CCNCc1ccccc1OC(C)C(=O)NCC. The second-order valence-electron chi connectivity index (χ2n) is 4.04. The van der Waals surface area contributed by atoms with Gasteiger partial charge in [-0.1, -0.05) is 25.1 Å². The molecule has 0 radical (unpaired) electrons. The van der Waals surface area contributed by atoms with Crippen molar-refractivity contribution in [2.45, 2.75) is 33.4 Å². The van der Waals surface area contributed by atoms with Gasteiger partial charge in [-0.15, -0.1) is 0 Å². The summed E-state index contributed by atoms with van der Waals surface area (Å²) < 4.78 is 5.70. The highest BCUT2D eigenvalue weighted by Gasteiger charge is 2.14. The molecule has 0 aromatic heterocycles. The molecule has 1 aromatic carbocycles. The summed E-state index contributed by atoms with van der Waals surface area (Å²) in [4.78, 5) is 11.6. The van der Waals surface area contributed by atoms with Gasteiger partial charge in [0.1, 0.15) is 5.75 Å². The third-order valence-electron chi connectivity index (χ3n) is 2.56. The van der Waals surface area contributed by atoms with Crippen molar-refractivity contribution in [3.05, 3.63) is 29.8 Å². The van der Waals surface area contributed by atoms with Crippen LogP contribution in [-0.2, 0) is 11.3 Å². The Kier molecular flexibility index (Phi) is 6.22. The predicted octanol–water partition coefficient (Wildman–Crippen LogP) is 1.70. The van der Waals surface area contributed by atoms with E-state index in [1.807, 2.05) is 31.2 Å². The van der Waals surface area contributed by atoms with Crippen molar-refractivity contribution in [3.8, 4) is 5.75 Å². The summed E-state index contributed by atoms with van der Waals surface area (Å²) in [7, 11) is 0. The van der Waals surface area contributed by atoms with Gasteiger partial charge in [0.25, 0.3) is 5.91 Å². The molecule has 1 atom stereocenters. The van der Waals surface area contributed by atoms with Gasteiger partial charge in [-0.05, 0) is 26.5 Å². The Morgan fingerprint density at radius 3 is 2.67 bits per heavy atom. The van der Waals surface area contributed by atoms with Gasteiger partial charge in [-0.25, -0.2) is 0 Å². The molecule has 4 heteroatoms. The molecule has 2 N–H and O–H groups in total. The van der Waals surface area contributed by atoms with Gasteiger partial charge in [0.2, 0.25) is 0 Å². The lowest BCUT2D eigenvalue weighted by Gasteiger charge is -2.17. The van der Waals surface area contributed by atoms with E-state index >= 15 is 0 Å². The Bertz CT molecular complexity index is 380. The second kappa shape index (κ2) is 7.71. The molecular formula is C14H22N2O2. The molecular weight excluding hydrogens is 228 g/mol. The molecule has 100 valence electrons. The summed E-state index contributed by atoms with van der Waals surface area (Å²) in [6.45, 7) is 7.97. The molecule has 1 amide bonds. The summed E-state index contributed by atoms with van der Waals surface area (Å²) in [5.74, 6) is 0.674. The Morgan fingerprint density at radius 1 is 1.28 bits per heavy atom. The van der Waals surface area contributed by atoms with Crippen molar-refractivity contribution in [3.63, 3.8) is 0 Å². The maximum Gasteiger partial charge on any atom is 0.260 e. The zero-order chi connectivity index (χ0) is 13.4. The van der Waals surface area contributed by atoms with E-state index in [0.29, 0.717) is 6.54 Å². The van der Waals surface area contributed by atoms with Crippen molar-refractivity contribution in [1.82, 2.24) is 10.6 Å². The number of nitrogens with one attached hydrogen (secondary N) is 2. The largest absolute Gasteiger partial charge is 0.481 e. The minimum atomic E-state index is -0.479. The normalized spacial score (nSPS) is 11.9. The van der Waals surface area contributed by atoms with Crippen LogP contribution in [0.1, 0.15) is 26.3 Å². The molecule has 0 heterocycles. The van der Waals surface area contributed by atoms with Crippen molar-refractivity contribution in [1.29, 1.82) is 0 Å². The Balaban J connectivity index is 2.68. The first-order valence-electron chi connectivity index (χ1n) is 6.42. The standard InChI is InChI=1S/C14H22N2O2/c1-4-15-10-12-8-6-7-9-13(12)18-11(3)14(17)16-5-2/h6-9,11,15H,4-5,10H2,1-3H3,(H,16,17). The zero-order valence-electron chi connectivity index (χ0n) is 11.3. The first-order valence-corrected chi connectivity index (χ1v) is 6.42. The van der Waals surface area contributed by atoms with Gasteiger partial charge in [0, 0.05) is 18.7 Å². The number of hydrogen-bond acceptors (Lipinski definition) is 3. The van der Waals surface area contributed by atoms with E-state index in [1.165, 1.54) is 0 Å². The number of amides is 1. The lowest BCUT2D eigenvalue weighted by molar-refractivity contribution is -0.127. The number of ether oxygens (including phenoxy) is 1. The number of carbonyl (C=O) groups is 1. The summed E-state index contributed by atoms with van der Waals surface area (Å²) in [6.07, 6.45) is -0.479. The van der Waals surface area contributed by atoms with Crippen LogP contribution in [0.5, 0.6) is 5.75 Å². The lowest BCUT2D eigenvalue weighted by atomic mass is 10.2. The molecule has 1 rings (SSSR count). The summed E-state index contributed by atoms with van der Waals surface area (Å²) in [5.41, 5.74) is 1.07. The third-order valence-corrected chi connectivity index (χ3v) is 2.56. The first kappa shape index (κ1) is 14.5. The van der Waals surface area contributed by atoms with E-state index < -0.39 is 6.10 Å². The lowest BCUT2D eigenvalue weighted by Crippen LogP contribution is -2.36. The van der Waals surface area contributed by atoms with Gasteiger partial charge in [-0.2, -0.15) is 0 Å². The highest BCUT2D eigenvalue weighted by atomic mass is 16.5. The molecule has 4 nitrogen and oxygen atoms in total. The van der Waals surface area contributed by atoms with Gasteiger partial charge < -0.3 is 15.4 Å². The average Bonchev–Trinajstić information content (AvgIpc) is 2.38. The molecule has 0 saturated carbocycles. The minimum absolute atomic E-state index is 0.0873. The number of likely N-dealkylation sites (N-methyl/N-ethyl adjacent to an activating group) is 1. The summed E-state index contributed by atoms with van der Waals surface area (Å²) >= 11 is 0. The number of carbonyl (C=O) groups excluding carboxylic acids is 1. The highest BCUT2D eigenvalue weighted by molar-refractivity contribution is 5.80. The van der Waals surface area contributed by atoms with E-state index in [4.69, 9.17) is 4.74 Å². The predicted molar refractivity (Wildman–Crippen MR) is 72.6 cm³/mol. The summed E-state index contributed by atoms with van der Waals surface area (Å²) in [5, 5.41) is 6.00. The molecule has 0 aliphatic carbocycles. The third kappa shape index (κ3) is 4.37. The van der Waals surface area contributed by atoms with E-state index in [1.54, 1.807) is 6.92 Å². The van der Waals surface area contributed by atoms with Crippen molar-refractivity contribution >= 4 is 5.91 Å². The van der Waals surface area contributed by atoms with Crippen LogP contribution < -0.4 is 15.4 Å². The molecule has 0 saturated heterocycles. The van der Waals surface area contributed by atoms with Crippen LogP contribution in [0.2, 0.25) is 0 Å². The summed E-state index contributed by atoms with van der Waals surface area (Å²) in [6, 6.07) is 7.77. The quantitative estimate of drug-likeness (QED) is 0.774. The van der Waals surface area contributed by atoms with Gasteiger partial charge in [-0.3, -0.25) is 4.79 Å². The topological polar surface area (TPSA) is 50.4 Å². The second-order valence-corrected chi connectivity index (χ2v) is 4.04. The molecule has 0 spiro atoms. The first-order chi connectivity index (χ1) is 8.69. The van der Waals surface area contributed by atoms with Gasteiger partial charge >= 0.3 is 0 Å². The van der Waals surface area contributed by atoms with Gasteiger partial charge in [0.05, 0.1) is 0 Å². The fraction of sp³-hybridized carbons (Fsp3) is 0.500. The maximum atomic E-state index is 11.6. The Hall–Kier alpha value is -1.55. The van der Waals surface area contributed by atoms with E-state index in [9.17, 15) is 4.79 Å². The van der Waals surface area contributed by atoms with Crippen LogP contribution in [-0.4, -0.2) is 25.1 Å². The van der Waals surface area contributed by atoms with Crippen LogP contribution in [0, 0.1) is 0 Å². The Labute approximate surface area is 109 Å². The van der Waals surface area contributed by atoms with E-state index in [0.717, 1.165) is 24.4 Å². The number of rotatable bonds is 7. The van der Waals surface area contributed by atoms with Crippen LogP contribution in [0.15, 0.2) is 24.3 Å². The van der Waals surface area contributed by atoms with Crippen molar-refractivity contribution in [2.75, 3.05) is 13.1 Å². The fourth-order valence-electron chi connectivity index (χ4n) is 1.59. The highest BCUT2D eigenvalue weighted by Crippen LogP contribution is 2.19. The fourth-order valence-corrected chi connectivity index (χ4v) is 1.59. The van der Waals surface area contributed by atoms with Crippen LogP contribution in [0.3, 0.4) is 0 Å². The smallest absolute Gasteiger partial charge is 0.260 e. The minimum Gasteiger partial charge on any atom is -0.481 e. The molecule has 0 fully saturated rings. The molecule has 18 heavy (non-hydrogen) atoms. The van der Waals surface area contributed by atoms with Crippen molar-refractivity contribution in [2.24, 2.45) is 0 Å². The van der Waals surface area contributed by atoms with Crippen LogP contribution >= 0.6 is 0 Å². The van der Waals surface area contributed by atoms with Crippen LogP contribution in [0.4, 0.5) is 0 Å². The van der Waals surface area contributed by atoms with E-state index in [-0.39, 0.29) is 5.91 Å². The Morgan fingerprint density at radius 2 is 2.00 bits per heavy atom. The molecule has 1 unspecified atom stereocenters. The molecule has 0 bridgehead atoms. The zero-order valence-corrected chi connectivity index (χ0v) is 11.3. The number of hydrogen-bond donors (Lipinski definition) is 2. The molecule has 0 aliphatic rings.